The van der Waals surface area contributed by atoms with Gasteiger partial charge in [0.15, 0.2) is 6.61 Å². The number of nitrogens with one attached hydrogen (secondary N) is 1. The smallest absolute Gasteiger partial charge is 0.416 e. The summed E-state index contributed by atoms with van der Waals surface area (Å²) in [6.07, 6.45) is -2.81. The van der Waals surface area contributed by atoms with Gasteiger partial charge in [-0.1, -0.05) is 0 Å². The van der Waals surface area contributed by atoms with Gasteiger partial charge in [0.1, 0.15) is 5.54 Å². The lowest BCUT2D eigenvalue weighted by molar-refractivity contribution is -0.137. The van der Waals surface area contributed by atoms with Crippen molar-refractivity contribution in [2.45, 2.75) is 31.5 Å². The lowest BCUT2D eigenvalue weighted by Gasteiger charge is -2.22. The second-order valence-electron chi connectivity index (χ2n) is 5.79. The number of amides is 1. The van der Waals surface area contributed by atoms with E-state index in [0.717, 1.165) is 37.1 Å². The van der Waals surface area contributed by atoms with Gasteiger partial charge < -0.3 is 10.1 Å². The van der Waals surface area contributed by atoms with Crippen molar-refractivity contribution in [3.63, 3.8) is 0 Å². The van der Waals surface area contributed by atoms with Crippen LogP contribution in [0.2, 0.25) is 0 Å². The van der Waals surface area contributed by atoms with E-state index in [9.17, 15) is 22.8 Å². The number of ether oxygens (including phenoxy) is 1. The number of esters is 1. The molecule has 0 saturated heterocycles. The van der Waals surface area contributed by atoms with E-state index >= 15 is 0 Å². The van der Waals surface area contributed by atoms with Crippen LogP contribution in [-0.2, 0) is 15.7 Å². The molecular formula is C16H15F3N2O3. The molecular weight excluding hydrogens is 325 g/mol. The van der Waals surface area contributed by atoms with Crippen LogP contribution in [0.4, 0.5) is 13.2 Å². The van der Waals surface area contributed by atoms with Crippen molar-refractivity contribution in [2.75, 3.05) is 6.61 Å². The number of halogens is 3. The number of carbonyl (C=O) groups is 2. The first-order valence-electron chi connectivity index (χ1n) is 7.22. The molecule has 1 saturated carbocycles. The molecule has 24 heavy (non-hydrogen) atoms. The predicted molar refractivity (Wildman–Crippen MR) is 76.6 cm³/mol. The largest absolute Gasteiger partial charge is 0.452 e. The lowest BCUT2D eigenvalue weighted by Crippen LogP contribution is -2.48. The van der Waals surface area contributed by atoms with Crippen molar-refractivity contribution >= 4 is 11.9 Å². The van der Waals surface area contributed by atoms with Gasteiger partial charge in [-0.15, -0.1) is 0 Å². The quantitative estimate of drug-likeness (QED) is 0.836. The molecule has 128 valence electrons. The van der Waals surface area contributed by atoms with Crippen LogP contribution >= 0.6 is 0 Å². The van der Waals surface area contributed by atoms with E-state index in [-0.39, 0.29) is 11.5 Å². The van der Waals surface area contributed by atoms with Crippen LogP contribution in [0, 0.1) is 17.2 Å². The average Bonchev–Trinajstić information content (AvgIpc) is 3.37. The molecule has 0 spiro atoms. The van der Waals surface area contributed by atoms with E-state index in [1.54, 1.807) is 6.92 Å². The summed E-state index contributed by atoms with van der Waals surface area (Å²) in [5.74, 6) is -1.47. The maximum Gasteiger partial charge on any atom is 0.416 e. The third-order valence-corrected chi connectivity index (χ3v) is 3.81. The van der Waals surface area contributed by atoms with Crippen molar-refractivity contribution in [3.05, 3.63) is 35.4 Å². The maximum absolute atomic E-state index is 12.4. The Balaban J connectivity index is 1.89. The first-order chi connectivity index (χ1) is 11.2. The Morgan fingerprint density at radius 1 is 1.29 bits per heavy atom. The molecule has 5 nitrogen and oxygen atoms in total. The predicted octanol–water partition coefficient (Wildman–Crippen LogP) is 2.67. The number of hydrogen-bond acceptors (Lipinski definition) is 4. The number of carbonyl (C=O) groups excluding carboxylic acids is 2. The Bertz CT molecular complexity index is 675. The number of nitrogens with zero attached hydrogens (tertiary/aromatic N) is 1. The second-order valence-corrected chi connectivity index (χ2v) is 5.79. The molecule has 1 aromatic rings. The highest BCUT2D eigenvalue weighted by molar-refractivity contribution is 5.91. The summed E-state index contributed by atoms with van der Waals surface area (Å²) in [5.41, 5.74) is -1.98. The summed E-state index contributed by atoms with van der Waals surface area (Å²) < 4.78 is 42.1. The summed E-state index contributed by atoms with van der Waals surface area (Å²) in [7, 11) is 0. The van der Waals surface area contributed by atoms with Crippen molar-refractivity contribution in [3.8, 4) is 6.07 Å². The van der Waals surface area contributed by atoms with Crippen molar-refractivity contribution in [1.29, 1.82) is 5.26 Å². The van der Waals surface area contributed by atoms with Crippen molar-refractivity contribution in [1.82, 2.24) is 5.32 Å². The highest BCUT2D eigenvalue weighted by Gasteiger charge is 2.43. The third kappa shape index (κ3) is 4.25. The molecule has 1 atom stereocenters. The fraction of sp³-hybridized carbons (Fsp3) is 0.438. The number of benzene rings is 1. The van der Waals surface area contributed by atoms with Gasteiger partial charge in [0, 0.05) is 0 Å². The zero-order valence-corrected chi connectivity index (χ0v) is 12.8. The molecule has 0 radical (unpaired) electrons. The molecule has 8 heteroatoms. The molecule has 0 aliphatic heterocycles. The first-order valence-corrected chi connectivity index (χ1v) is 7.22. The van der Waals surface area contributed by atoms with E-state index in [1.165, 1.54) is 0 Å². The molecule has 2 rings (SSSR count). The number of hydrogen-bond donors (Lipinski definition) is 1. The third-order valence-electron chi connectivity index (χ3n) is 3.81. The van der Waals surface area contributed by atoms with Gasteiger partial charge in [0.05, 0.1) is 17.2 Å². The van der Waals surface area contributed by atoms with Gasteiger partial charge in [0.25, 0.3) is 5.91 Å². The standard InChI is InChI=1S/C16H15F3N2O3/c1-15(9-20,11-6-7-11)21-13(22)8-24-14(23)10-2-4-12(5-3-10)16(17,18)19/h2-5,11H,6-8H2,1H3,(H,21,22)/t15-/m1/s1. The zero-order valence-electron chi connectivity index (χ0n) is 12.8. The summed E-state index contributed by atoms with van der Waals surface area (Å²) in [4.78, 5) is 23.5. The Hall–Kier alpha value is -2.56. The molecule has 0 heterocycles. The summed E-state index contributed by atoms with van der Waals surface area (Å²) in [6.45, 7) is 0.990. The van der Waals surface area contributed by atoms with Crippen LogP contribution in [0.1, 0.15) is 35.7 Å². The van der Waals surface area contributed by atoms with Crippen LogP contribution in [0.25, 0.3) is 0 Å². The summed E-state index contributed by atoms with van der Waals surface area (Å²) in [5, 5.41) is 11.6. The van der Waals surface area contributed by atoms with Gasteiger partial charge in [0.2, 0.25) is 0 Å². The fourth-order valence-corrected chi connectivity index (χ4v) is 2.22. The van der Waals surface area contributed by atoms with Crippen molar-refractivity contribution in [2.24, 2.45) is 5.92 Å². The van der Waals surface area contributed by atoms with Gasteiger partial charge in [-0.2, -0.15) is 18.4 Å². The van der Waals surface area contributed by atoms with Crippen LogP contribution in [0.15, 0.2) is 24.3 Å². The van der Waals surface area contributed by atoms with E-state index < -0.39 is 35.8 Å². The van der Waals surface area contributed by atoms with Gasteiger partial charge >= 0.3 is 12.1 Å². The number of rotatable bonds is 5. The summed E-state index contributed by atoms with van der Waals surface area (Å²) in [6, 6.07) is 5.51. The summed E-state index contributed by atoms with van der Waals surface area (Å²) >= 11 is 0. The minimum Gasteiger partial charge on any atom is -0.452 e. The van der Waals surface area contributed by atoms with E-state index in [1.807, 2.05) is 6.07 Å². The number of nitriles is 1. The fourth-order valence-electron chi connectivity index (χ4n) is 2.22. The average molecular weight is 340 g/mol. The molecule has 1 aliphatic carbocycles. The normalized spacial score (nSPS) is 16.6. The van der Waals surface area contributed by atoms with Gasteiger partial charge in [-0.3, -0.25) is 4.79 Å². The van der Waals surface area contributed by atoms with Crippen LogP contribution in [0.5, 0.6) is 0 Å². The van der Waals surface area contributed by atoms with Crippen LogP contribution in [0.3, 0.4) is 0 Å². The highest BCUT2D eigenvalue weighted by atomic mass is 19.4. The number of alkyl halides is 3. The molecule has 0 aromatic heterocycles. The topological polar surface area (TPSA) is 79.2 Å². The molecule has 0 bridgehead atoms. The first kappa shape index (κ1) is 17.8. The SMILES string of the molecule is C[C@](C#N)(NC(=O)COC(=O)c1ccc(C(F)(F)F)cc1)C1CC1. The molecule has 0 unspecified atom stereocenters. The zero-order chi connectivity index (χ0) is 18.0. The van der Waals surface area contributed by atoms with Gasteiger partial charge in [-0.25, -0.2) is 4.79 Å². The second kappa shape index (κ2) is 6.51. The Kier molecular flexibility index (Phi) is 4.83. The molecule has 1 fully saturated rings. The Morgan fingerprint density at radius 2 is 1.88 bits per heavy atom. The lowest BCUT2D eigenvalue weighted by atomic mass is 9.98. The monoisotopic (exact) mass is 340 g/mol. The van der Waals surface area contributed by atoms with Crippen LogP contribution < -0.4 is 5.32 Å². The molecule has 1 amide bonds. The minimum atomic E-state index is -4.49. The maximum atomic E-state index is 12.4. The highest BCUT2D eigenvalue weighted by Crippen LogP contribution is 2.39. The molecule has 1 aliphatic rings. The van der Waals surface area contributed by atoms with Crippen molar-refractivity contribution < 1.29 is 27.5 Å². The van der Waals surface area contributed by atoms with E-state index in [4.69, 9.17) is 10.00 Å². The van der Waals surface area contributed by atoms with Crippen LogP contribution in [-0.4, -0.2) is 24.0 Å². The Morgan fingerprint density at radius 3 is 2.33 bits per heavy atom. The van der Waals surface area contributed by atoms with E-state index in [0.29, 0.717) is 0 Å². The molecule has 1 N–H and O–H groups in total. The molecule has 1 aromatic carbocycles. The van der Waals surface area contributed by atoms with E-state index in [2.05, 4.69) is 5.32 Å². The minimum absolute atomic E-state index is 0.0806. The Labute approximate surface area is 136 Å². The van der Waals surface area contributed by atoms with Gasteiger partial charge in [-0.05, 0) is 49.9 Å².